The van der Waals surface area contributed by atoms with Crippen molar-refractivity contribution in [3.8, 4) is 0 Å². The van der Waals surface area contributed by atoms with E-state index in [2.05, 4.69) is 5.32 Å². The van der Waals surface area contributed by atoms with Crippen LogP contribution in [0.15, 0.2) is 30.3 Å². The summed E-state index contributed by atoms with van der Waals surface area (Å²) in [5.74, 6) is -2.87. The van der Waals surface area contributed by atoms with Crippen LogP contribution in [-0.2, 0) is 25.6 Å². The number of carboxylic acids is 1. The van der Waals surface area contributed by atoms with Crippen LogP contribution in [-0.4, -0.2) is 87.1 Å². The number of carbonyl (C=O) groups is 4. The zero-order chi connectivity index (χ0) is 25.7. The van der Waals surface area contributed by atoms with Crippen molar-refractivity contribution in [3.05, 3.63) is 35.9 Å². The molecule has 0 bridgehead atoms. The third-order valence-electron chi connectivity index (χ3n) is 6.86. The molecule has 0 aliphatic carbocycles. The number of nitrogens with zero attached hydrogens (tertiary/aromatic N) is 2. The summed E-state index contributed by atoms with van der Waals surface area (Å²) >= 11 is 0. The highest BCUT2D eigenvalue weighted by molar-refractivity contribution is 5.94. The van der Waals surface area contributed by atoms with E-state index in [0.29, 0.717) is 45.2 Å². The lowest BCUT2D eigenvalue weighted by Crippen LogP contribution is -2.59. The number of aliphatic carboxylic acids is 1. The molecule has 5 N–H and O–H groups in total. The van der Waals surface area contributed by atoms with Crippen LogP contribution in [0.3, 0.4) is 0 Å². The lowest BCUT2D eigenvalue weighted by atomic mass is 9.99. The monoisotopic (exact) mass is 488 g/mol. The van der Waals surface area contributed by atoms with Gasteiger partial charge in [0.2, 0.25) is 11.8 Å². The molecule has 35 heavy (non-hydrogen) atoms. The van der Waals surface area contributed by atoms with E-state index in [1.165, 1.54) is 9.80 Å². The Bertz CT molecular complexity index is 924. The molecule has 0 unspecified atom stereocenters. The second kappa shape index (κ2) is 11.6. The van der Waals surface area contributed by atoms with E-state index in [9.17, 15) is 29.4 Å². The van der Waals surface area contributed by atoms with Gasteiger partial charge in [-0.1, -0.05) is 44.2 Å². The maximum absolute atomic E-state index is 13.5. The lowest BCUT2D eigenvalue weighted by Gasteiger charge is -2.33. The predicted octanol–water partition coefficient (Wildman–Crippen LogP) is 0.125. The molecular formula is C25H36N4O6. The largest absolute Gasteiger partial charge is 0.480 e. The van der Waals surface area contributed by atoms with Gasteiger partial charge >= 0.3 is 5.97 Å². The molecular weight excluding hydrogens is 452 g/mol. The van der Waals surface area contributed by atoms with Crippen LogP contribution in [0.2, 0.25) is 0 Å². The molecule has 2 saturated heterocycles. The van der Waals surface area contributed by atoms with Gasteiger partial charge in [0.1, 0.15) is 24.2 Å². The molecule has 3 rings (SSSR count). The van der Waals surface area contributed by atoms with Crippen LogP contribution in [0.5, 0.6) is 0 Å². The number of nitrogens with one attached hydrogen (secondary N) is 1. The third-order valence-corrected chi connectivity index (χ3v) is 6.86. The number of aliphatic hydroxyl groups excluding tert-OH is 1. The number of hydrogen-bond acceptors (Lipinski definition) is 6. The van der Waals surface area contributed by atoms with Gasteiger partial charge in [0, 0.05) is 19.1 Å². The van der Waals surface area contributed by atoms with E-state index in [1.807, 2.05) is 30.3 Å². The fourth-order valence-corrected chi connectivity index (χ4v) is 4.89. The topological polar surface area (TPSA) is 153 Å². The molecule has 192 valence electrons. The first-order valence-electron chi connectivity index (χ1n) is 12.2. The molecule has 2 aliphatic heterocycles. The Hall–Kier alpha value is -2.98. The number of hydrogen-bond donors (Lipinski definition) is 4. The standard InChI is InChI=1S/C25H36N4O6/c1-15(2)20(27-22(31)21(30)17(26)14-16-8-4-3-5-9-16)24(33)28-12-6-10-18(28)23(32)29-13-7-11-19(29)25(34)35/h3-5,8-9,15,17-21,30H,6-7,10-14,26H2,1-2H3,(H,27,31)(H,34,35)/t17-,18+,19+,20-,21+/m0/s1. The quantitative estimate of drug-likeness (QED) is 0.385. The van der Waals surface area contributed by atoms with Crippen molar-refractivity contribution in [2.24, 2.45) is 11.7 Å². The minimum Gasteiger partial charge on any atom is -0.480 e. The SMILES string of the molecule is CC(C)[C@H](NC(=O)[C@H](O)[C@@H](N)Cc1ccccc1)C(=O)N1CCC[C@@H]1C(=O)N1CCC[C@@H]1C(=O)O. The Morgan fingerprint density at radius 1 is 1.03 bits per heavy atom. The number of aliphatic hydroxyl groups is 1. The van der Waals surface area contributed by atoms with Crippen LogP contribution in [0.4, 0.5) is 0 Å². The van der Waals surface area contributed by atoms with Crippen molar-refractivity contribution >= 4 is 23.7 Å². The van der Waals surface area contributed by atoms with Crippen molar-refractivity contribution in [3.63, 3.8) is 0 Å². The van der Waals surface area contributed by atoms with Crippen LogP contribution in [0, 0.1) is 5.92 Å². The summed E-state index contributed by atoms with van der Waals surface area (Å²) in [7, 11) is 0. The maximum atomic E-state index is 13.5. The molecule has 2 aliphatic rings. The molecule has 0 spiro atoms. The number of nitrogens with two attached hydrogens (primary N) is 1. The van der Waals surface area contributed by atoms with Crippen molar-refractivity contribution in [2.75, 3.05) is 13.1 Å². The average Bonchev–Trinajstić information content (AvgIpc) is 3.51. The zero-order valence-electron chi connectivity index (χ0n) is 20.3. The zero-order valence-corrected chi connectivity index (χ0v) is 20.3. The Balaban J connectivity index is 1.67. The molecule has 10 heteroatoms. The number of amides is 3. The fourth-order valence-electron chi connectivity index (χ4n) is 4.89. The molecule has 5 atom stereocenters. The number of rotatable bonds is 9. The first-order chi connectivity index (χ1) is 16.6. The summed E-state index contributed by atoms with van der Waals surface area (Å²) in [6, 6.07) is 5.81. The van der Waals surface area contributed by atoms with Gasteiger partial charge in [0.25, 0.3) is 5.91 Å². The minimum absolute atomic E-state index is 0.291. The van der Waals surface area contributed by atoms with Gasteiger partial charge in [-0.2, -0.15) is 0 Å². The van der Waals surface area contributed by atoms with Gasteiger partial charge in [-0.15, -0.1) is 0 Å². The molecule has 1 aromatic carbocycles. The van der Waals surface area contributed by atoms with E-state index >= 15 is 0 Å². The van der Waals surface area contributed by atoms with Gasteiger partial charge < -0.3 is 31.1 Å². The number of carboxylic acid groups (broad SMARTS) is 1. The lowest BCUT2D eigenvalue weighted by molar-refractivity contribution is -0.152. The highest BCUT2D eigenvalue weighted by Crippen LogP contribution is 2.26. The third kappa shape index (κ3) is 6.18. The smallest absolute Gasteiger partial charge is 0.326 e. The minimum atomic E-state index is -1.51. The van der Waals surface area contributed by atoms with Crippen molar-refractivity contribution < 1.29 is 29.4 Å². The van der Waals surface area contributed by atoms with E-state index in [-0.39, 0.29) is 11.8 Å². The number of likely N-dealkylation sites (tertiary alicyclic amines) is 2. The second-order valence-corrected chi connectivity index (χ2v) is 9.75. The Morgan fingerprint density at radius 3 is 2.23 bits per heavy atom. The van der Waals surface area contributed by atoms with Gasteiger partial charge in [0.05, 0.1) is 0 Å². The molecule has 10 nitrogen and oxygen atoms in total. The normalized spacial score (nSPS) is 22.7. The molecule has 2 heterocycles. The van der Waals surface area contributed by atoms with Crippen molar-refractivity contribution in [1.82, 2.24) is 15.1 Å². The molecule has 2 fully saturated rings. The predicted molar refractivity (Wildman–Crippen MR) is 128 cm³/mol. The Labute approximate surface area is 205 Å². The summed E-state index contributed by atoms with van der Waals surface area (Å²) in [5, 5.41) is 22.6. The first-order valence-corrected chi connectivity index (χ1v) is 12.2. The molecule has 0 aromatic heterocycles. The summed E-state index contributed by atoms with van der Waals surface area (Å²) < 4.78 is 0. The van der Waals surface area contributed by atoms with E-state index in [0.717, 1.165) is 5.56 Å². The average molecular weight is 489 g/mol. The van der Waals surface area contributed by atoms with Gasteiger partial charge in [-0.3, -0.25) is 14.4 Å². The van der Waals surface area contributed by atoms with Crippen molar-refractivity contribution in [2.45, 2.75) is 76.2 Å². The van der Waals surface area contributed by atoms with Gasteiger partial charge in [-0.05, 0) is 43.6 Å². The Morgan fingerprint density at radius 2 is 1.63 bits per heavy atom. The van der Waals surface area contributed by atoms with Crippen molar-refractivity contribution in [1.29, 1.82) is 0 Å². The molecule has 3 amide bonds. The molecule has 1 aromatic rings. The number of carbonyl (C=O) groups excluding carboxylic acids is 3. The molecule has 0 radical (unpaired) electrons. The Kier molecular flexibility index (Phi) is 8.85. The van der Waals surface area contributed by atoms with Crippen LogP contribution in [0.1, 0.15) is 45.1 Å². The summed E-state index contributed by atoms with van der Waals surface area (Å²) in [4.78, 5) is 53.8. The van der Waals surface area contributed by atoms with Gasteiger partial charge in [0.15, 0.2) is 0 Å². The maximum Gasteiger partial charge on any atom is 0.326 e. The summed E-state index contributed by atoms with van der Waals surface area (Å²) in [6.45, 7) is 4.24. The number of benzene rings is 1. The first kappa shape index (κ1) is 26.6. The van der Waals surface area contributed by atoms with Crippen LogP contribution >= 0.6 is 0 Å². The van der Waals surface area contributed by atoms with Crippen LogP contribution < -0.4 is 11.1 Å². The van der Waals surface area contributed by atoms with E-state index in [4.69, 9.17) is 5.73 Å². The highest BCUT2D eigenvalue weighted by Gasteiger charge is 2.44. The van der Waals surface area contributed by atoms with E-state index < -0.39 is 48.1 Å². The second-order valence-electron chi connectivity index (χ2n) is 9.75. The highest BCUT2D eigenvalue weighted by atomic mass is 16.4. The fraction of sp³-hybridized carbons (Fsp3) is 0.600. The van der Waals surface area contributed by atoms with E-state index in [1.54, 1.807) is 13.8 Å². The van der Waals surface area contributed by atoms with Crippen LogP contribution in [0.25, 0.3) is 0 Å². The molecule has 0 saturated carbocycles. The summed E-state index contributed by atoms with van der Waals surface area (Å²) in [5.41, 5.74) is 6.94. The van der Waals surface area contributed by atoms with Gasteiger partial charge in [-0.25, -0.2) is 4.79 Å². The summed E-state index contributed by atoms with van der Waals surface area (Å²) in [6.07, 6.45) is 0.830.